The number of rotatable bonds is 4. The monoisotopic (exact) mass is 447 g/mol. The van der Waals surface area contributed by atoms with Crippen LogP contribution in [0.1, 0.15) is 5.56 Å². The second-order valence-electron chi connectivity index (χ2n) is 6.74. The van der Waals surface area contributed by atoms with Crippen molar-refractivity contribution in [3.8, 4) is 11.5 Å². The Morgan fingerprint density at radius 3 is 2.28 bits per heavy atom. The van der Waals surface area contributed by atoms with Crippen molar-refractivity contribution in [2.75, 3.05) is 10.6 Å². The van der Waals surface area contributed by atoms with E-state index < -0.39 is 35.1 Å². The largest absolute Gasteiger partial charge is 0.457 e. The van der Waals surface area contributed by atoms with Crippen molar-refractivity contribution in [1.29, 1.82) is 0 Å². The van der Waals surface area contributed by atoms with Crippen molar-refractivity contribution >= 4 is 28.4 Å². The minimum Gasteiger partial charge on any atom is -0.457 e. The van der Waals surface area contributed by atoms with E-state index in [4.69, 9.17) is 4.74 Å². The van der Waals surface area contributed by atoms with E-state index in [9.17, 15) is 26.7 Å². The van der Waals surface area contributed by atoms with Gasteiger partial charge in [-0.25, -0.2) is 13.6 Å². The molecule has 5 nitrogen and oxygen atoms in total. The van der Waals surface area contributed by atoms with Crippen LogP contribution in [0, 0.1) is 11.6 Å². The van der Waals surface area contributed by atoms with E-state index in [-0.39, 0.29) is 11.5 Å². The van der Waals surface area contributed by atoms with Crippen molar-refractivity contribution in [3.05, 3.63) is 83.9 Å². The maximum absolute atomic E-state index is 14.2. The van der Waals surface area contributed by atoms with Crippen molar-refractivity contribution in [3.63, 3.8) is 0 Å². The van der Waals surface area contributed by atoms with Gasteiger partial charge < -0.3 is 15.0 Å². The molecule has 4 rings (SSSR count). The lowest BCUT2D eigenvalue weighted by Gasteiger charge is -2.12. The highest BCUT2D eigenvalue weighted by Crippen LogP contribution is 2.33. The molecular formula is C22H14F5N3O2. The number of hydrogen-bond donors (Lipinski definition) is 3. The topological polar surface area (TPSA) is 66.2 Å². The zero-order chi connectivity index (χ0) is 22.9. The maximum atomic E-state index is 14.2. The van der Waals surface area contributed by atoms with E-state index in [1.807, 2.05) is 18.2 Å². The number of aromatic nitrogens is 1. The van der Waals surface area contributed by atoms with E-state index in [1.54, 1.807) is 12.1 Å². The molecule has 1 aromatic heterocycles. The fraction of sp³-hybridized carbons (Fsp3) is 0.0455. The van der Waals surface area contributed by atoms with Crippen LogP contribution in [0.5, 0.6) is 11.5 Å². The van der Waals surface area contributed by atoms with Crippen molar-refractivity contribution in [2.45, 2.75) is 6.18 Å². The van der Waals surface area contributed by atoms with Gasteiger partial charge in [0, 0.05) is 23.0 Å². The predicted molar refractivity (Wildman–Crippen MR) is 109 cm³/mol. The van der Waals surface area contributed by atoms with Gasteiger partial charge in [-0.05, 0) is 36.4 Å². The first-order valence-electron chi connectivity index (χ1n) is 9.19. The fourth-order valence-electron chi connectivity index (χ4n) is 2.98. The molecule has 32 heavy (non-hydrogen) atoms. The molecule has 0 aliphatic heterocycles. The molecule has 0 bridgehead atoms. The van der Waals surface area contributed by atoms with Gasteiger partial charge >= 0.3 is 12.2 Å². The number of H-pyrrole nitrogens is 1. The Kier molecular flexibility index (Phi) is 5.43. The molecule has 164 valence electrons. The number of aromatic amines is 1. The van der Waals surface area contributed by atoms with E-state index >= 15 is 0 Å². The highest BCUT2D eigenvalue weighted by molar-refractivity contribution is 6.01. The van der Waals surface area contributed by atoms with Crippen LogP contribution in [-0.4, -0.2) is 11.0 Å². The minimum absolute atomic E-state index is 0.0301. The number of carbonyl (C=O) groups excluding carboxylic acids is 1. The number of ether oxygens (including phenoxy) is 1. The van der Waals surface area contributed by atoms with Gasteiger partial charge in [-0.2, -0.15) is 13.2 Å². The fourth-order valence-corrected chi connectivity index (χ4v) is 2.98. The molecule has 0 atom stereocenters. The van der Waals surface area contributed by atoms with Gasteiger partial charge in [-0.1, -0.05) is 18.2 Å². The Labute approximate surface area is 177 Å². The number of carbonyl (C=O) groups is 1. The average molecular weight is 447 g/mol. The number of hydrogen-bond acceptors (Lipinski definition) is 2. The van der Waals surface area contributed by atoms with Gasteiger partial charge in [0.15, 0.2) is 11.6 Å². The molecule has 0 saturated heterocycles. The Morgan fingerprint density at radius 2 is 1.59 bits per heavy atom. The van der Waals surface area contributed by atoms with Crippen LogP contribution < -0.4 is 15.4 Å². The number of fused-ring (bicyclic) bond motifs is 1. The second kappa shape index (κ2) is 8.22. The van der Waals surface area contributed by atoms with Crippen molar-refractivity contribution < 1.29 is 31.5 Å². The van der Waals surface area contributed by atoms with E-state index in [1.165, 1.54) is 0 Å². The molecular weight excluding hydrogens is 433 g/mol. The van der Waals surface area contributed by atoms with Gasteiger partial charge in [0.25, 0.3) is 0 Å². The number of anilines is 2. The summed E-state index contributed by atoms with van der Waals surface area (Å²) in [6.07, 6.45) is -4.52. The normalized spacial score (nSPS) is 11.4. The number of urea groups is 1. The Bertz CT molecular complexity index is 1250. The molecule has 4 aromatic rings. The van der Waals surface area contributed by atoms with E-state index in [0.717, 1.165) is 41.2 Å². The highest BCUT2D eigenvalue weighted by Gasteiger charge is 2.30. The van der Waals surface area contributed by atoms with Gasteiger partial charge in [0.1, 0.15) is 17.3 Å². The summed E-state index contributed by atoms with van der Waals surface area (Å²) in [6, 6.07) is 13.5. The summed E-state index contributed by atoms with van der Waals surface area (Å²) in [5.41, 5.74) is -0.626. The molecule has 0 spiro atoms. The molecule has 0 fully saturated rings. The molecule has 10 heteroatoms. The van der Waals surface area contributed by atoms with Crippen LogP contribution in [-0.2, 0) is 6.18 Å². The molecule has 0 aliphatic rings. The molecule has 1 heterocycles. The lowest BCUT2D eigenvalue weighted by molar-refractivity contribution is -0.137. The minimum atomic E-state index is -4.52. The highest BCUT2D eigenvalue weighted by atomic mass is 19.4. The third kappa shape index (κ3) is 4.64. The molecule has 0 unspecified atom stereocenters. The number of amides is 2. The number of alkyl halides is 3. The molecule has 2 amide bonds. The summed E-state index contributed by atoms with van der Waals surface area (Å²) < 4.78 is 71.4. The first kappa shape index (κ1) is 21.2. The third-order valence-corrected chi connectivity index (χ3v) is 4.45. The molecule has 0 aliphatic carbocycles. The number of nitrogens with one attached hydrogen (secondary N) is 3. The van der Waals surface area contributed by atoms with Crippen LogP contribution in [0.2, 0.25) is 0 Å². The zero-order valence-corrected chi connectivity index (χ0v) is 16.1. The molecule has 3 N–H and O–H groups in total. The second-order valence-corrected chi connectivity index (χ2v) is 6.74. The average Bonchev–Trinajstić information content (AvgIpc) is 3.13. The lowest BCUT2D eigenvalue weighted by atomic mass is 10.2. The number of halogens is 5. The molecule has 3 aromatic carbocycles. The van der Waals surface area contributed by atoms with Crippen molar-refractivity contribution in [2.24, 2.45) is 0 Å². The van der Waals surface area contributed by atoms with Crippen molar-refractivity contribution in [1.82, 2.24) is 4.98 Å². The Balaban J connectivity index is 1.49. The zero-order valence-electron chi connectivity index (χ0n) is 16.1. The van der Waals surface area contributed by atoms with Crippen LogP contribution in [0.15, 0.2) is 66.7 Å². The standard InChI is InChI=1S/C22H14F5N3O2/c23-16-10-15(32-14-7-5-13(6-8-14)22(25,26)27)11-18(20(16)24)29-21(31)30-19-9-12-3-1-2-4-17(12)28-19/h1-11,28H,(H2,29,30,31). The third-order valence-electron chi connectivity index (χ3n) is 4.45. The lowest BCUT2D eigenvalue weighted by Crippen LogP contribution is -2.20. The summed E-state index contributed by atoms with van der Waals surface area (Å²) in [5.74, 6) is -2.55. The van der Waals surface area contributed by atoms with Crippen LogP contribution in [0.3, 0.4) is 0 Å². The maximum Gasteiger partial charge on any atom is 0.416 e. The van der Waals surface area contributed by atoms with Gasteiger partial charge in [0.2, 0.25) is 0 Å². The smallest absolute Gasteiger partial charge is 0.416 e. The number of benzene rings is 3. The first-order valence-corrected chi connectivity index (χ1v) is 9.19. The summed E-state index contributed by atoms with van der Waals surface area (Å²) in [5, 5.41) is 5.50. The molecule has 0 radical (unpaired) electrons. The van der Waals surface area contributed by atoms with Gasteiger partial charge in [-0.15, -0.1) is 0 Å². The summed E-state index contributed by atoms with van der Waals surface area (Å²) in [6.45, 7) is 0. The van der Waals surface area contributed by atoms with Crippen LogP contribution in [0.25, 0.3) is 10.9 Å². The quantitative estimate of drug-likeness (QED) is 0.298. The van der Waals surface area contributed by atoms with Crippen LogP contribution >= 0.6 is 0 Å². The summed E-state index contributed by atoms with van der Waals surface area (Å²) >= 11 is 0. The predicted octanol–water partition coefficient (Wildman–Crippen LogP) is 6.90. The first-order chi connectivity index (χ1) is 15.2. The summed E-state index contributed by atoms with van der Waals surface area (Å²) in [7, 11) is 0. The SMILES string of the molecule is O=C(Nc1cc2ccccc2[nH]1)Nc1cc(Oc2ccc(C(F)(F)F)cc2)cc(F)c1F. The van der Waals surface area contributed by atoms with Crippen LogP contribution in [0.4, 0.5) is 38.3 Å². The number of para-hydroxylation sites is 1. The van der Waals surface area contributed by atoms with Gasteiger partial charge in [-0.3, -0.25) is 5.32 Å². The molecule has 0 saturated carbocycles. The van der Waals surface area contributed by atoms with Gasteiger partial charge in [0.05, 0.1) is 11.3 Å². The van der Waals surface area contributed by atoms with E-state index in [2.05, 4.69) is 15.6 Å². The Morgan fingerprint density at radius 1 is 0.875 bits per heavy atom. The van der Waals surface area contributed by atoms with E-state index in [0.29, 0.717) is 11.9 Å². The Hall–Kier alpha value is -4.08. The summed E-state index contributed by atoms with van der Waals surface area (Å²) in [4.78, 5) is 15.2.